The van der Waals surface area contributed by atoms with Crippen molar-refractivity contribution < 1.29 is 14.7 Å². The van der Waals surface area contributed by atoms with Crippen LogP contribution in [0.1, 0.15) is 33.1 Å². The van der Waals surface area contributed by atoms with Gasteiger partial charge in [-0.2, -0.15) is 0 Å². The van der Waals surface area contributed by atoms with Crippen LogP contribution in [0.3, 0.4) is 0 Å². The van der Waals surface area contributed by atoms with E-state index in [1.165, 1.54) is 4.90 Å². The van der Waals surface area contributed by atoms with Crippen molar-refractivity contribution in [1.29, 1.82) is 0 Å². The van der Waals surface area contributed by atoms with E-state index in [-0.39, 0.29) is 36.1 Å². The highest BCUT2D eigenvalue weighted by atomic mass is 16.3. The van der Waals surface area contributed by atoms with E-state index in [0.717, 1.165) is 19.3 Å². The highest BCUT2D eigenvalue weighted by Crippen LogP contribution is 2.38. The number of fused-ring (bicyclic) bond motifs is 2. The lowest BCUT2D eigenvalue weighted by Gasteiger charge is -2.32. The Morgan fingerprint density at radius 1 is 1.25 bits per heavy atom. The molecule has 2 fully saturated rings. The second-order valence-electron chi connectivity index (χ2n) is 5.31. The van der Waals surface area contributed by atoms with Gasteiger partial charge in [0.05, 0.1) is 12.6 Å². The van der Waals surface area contributed by atoms with Gasteiger partial charge in [0.2, 0.25) is 11.8 Å². The molecule has 0 spiro atoms. The first-order chi connectivity index (χ1) is 7.50. The van der Waals surface area contributed by atoms with E-state index in [2.05, 4.69) is 0 Å². The molecule has 4 heteroatoms. The van der Waals surface area contributed by atoms with Crippen LogP contribution in [0.2, 0.25) is 0 Å². The smallest absolute Gasteiger partial charge is 0.232 e. The van der Waals surface area contributed by atoms with Crippen LogP contribution < -0.4 is 0 Å². The Hall–Kier alpha value is -0.900. The number of imide groups is 1. The van der Waals surface area contributed by atoms with Crippen LogP contribution in [0.4, 0.5) is 0 Å². The molecule has 1 aliphatic carbocycles. The number of aliphatic hydroxyl groups is 1. The summed E-state index contributed by atoms with van der Waals surface area (Å²) < 4.78 is 0. The standard InChI is InChI=1S/C12H19NO3/c1-7(2)10(14)6-13-11(15)8-3-4-9(5-8)12(13)16/h7-10,14H,3-6H2,1-2H3. The molecule has 4 nitrogen and oxygen atoms in total. The molecule has 0 aromatic heterocycles. The van der Waals surface area contributed by atoms with Crippen molar-refractivity contribution in [2.75, 3.05) is 6.54 Å². The van der Waals surface area contributed by atoms with E-state index in [9.17, 15) is 14.7 Å². The van der Waals surface area contributed by atoms with Crippen molar-refractivity contribution in [3.63, 3.8) is 0 Å². The number of amides is 2. The van der Waals surface area contributed by atoms with Gasteiger partial charge in [0.25, 0.3) is 0 Å². The number of nitrogens with zero attached hydrogens (tertiary/aromatic N) is 1. The van der Waals surface area contributed by atoms with E-state index in [0.29, 0.717) is 0 Å². The first-order valence-corrected chi connectivity index (χ1v) is 6.04. The molecule has 1 saturated carbocycles. The van der Waals surface area contributed by atoms with Gasteiger partial charge in [0.1, 0.15) is 0 Å². The molecular formula is C12H19NO3. The van der Waals surface area contributed by atoms with Gasteiger partial charge in [0.15, 0.2) is 0 Å². The Morgan fingerprint density at radius 2 is 1.75 bits per heavy atom. The van der Waals surface area contributed by atoms with Crippen LogP contribution >= 0.6 is 0 Å². The maximum atomic E-state index is 11.9. The van der Waals surface area contributed by atoms with Crippen LogP contribution in [0.15, 0.2) is 0 Å². The van der Waals surface area contributed by atoms with Crippen molar-refractivity contribution >= 4 is 11.8 Å². The molecule has 0 radical (unpaired) electrons. The lowest BCUT2D eigenvalue weighted by atomic mass is 9.96. The lowest BCUT2D eigenvalue weighted by Crippen LogP contribution is -2.50. The summed E-state index contributed by atoms with van der Waals surface area (Å²) in [6, 6.07) is 0. The van der Waals surface area contributed by atoms with E-state index >= 15 is 0 Å². The average Bonchev–Trinajstić information content (AvgIpc) is 2.68. The highest BCUT2D eigenvalue weighted by Gasteiger charge is 2.45. The van der Waals surface area contributed by atoms with Gasteiger partial charge in [-0.15, -0.1) is 0 Å². The molecular weight excluding hydrogens is 206 g/mol. The first-order valence-electron chi connectivity index (χ1n) is 6.04. The number of carbonyl (C=O) groups is 2. The monoisotopic (exact) mass is 225 g/mol. The minimum Gasteiger partial charge on any atom is -0.391 e. The second-order valence-corrected chi connectivity index (χ2v) is 5.31. The number of likely N-dealkylation sites (tertiary alicyclic amines) is 1. The zero-order chi connectivity index (χ0) is 11.9. The highest BCUT2D eigenvalue weighted by molar-refractivity contribution is 6.00. The fourth-order valence-electron chi connectivity index (χ4n) is 2.56. The van der Waals surface area contributed by atoms with E-state index in [1.54, 1.807) is 0 Å². The molecule has 2 bridgehead atoms. The number of hydrogen-bond acceptors (Lipinski definition) is 3. The van der Waals surface area contributed by atoms with Gasteiger partial charge < -0.3 is 5.11 Å². The number of aliphatic hydroxyl groups excluding tert-OH is 1. The summed E-state index contributed by atoms with van der Waals surface area (Å²) in [5.74, 6) is -0.0128. The summed E-state index contributed by atoms with van der Waals surface area (Å²) in [7, 11) is 0. The number of piperidine rings is 1. The molecule has 1 aliphatic heterocycles. The third-order valence-corrected chi connectivity index (χ3v) is 3.80. The number of rotatable bonds is 3. The molecule has 0 aromatic carbocycles. The maximum Gasteiger partial charge on any atom is 0.232 e. The summed E-state index contributed by atoms with van der Waals surface area (Å²) >= 11 is 0. The summed E-state index contributed by atoms with van der Waals surface area (Å²) in [6.07, 6.45) is 1.80. The number of β-amino-alcohol motifs (C(OH)–C–C–N with tert-alkyl or cyclic N) is 1. The molecule has 0 aromatic rings. The molecule has 90 valence electrons. The Kier molecular flexibility index (Phi) is 3.02. The number of carbonyl (C=O) groups excluding carboxylic acids is 2. The summed E-state index contributed by atoms with van der Waals surface area (Å²) in [6.45, 7) is 3.94. The van der Waals surface area contributed by atoms with Gasteiger partial charge in [-0.3, -0.25) is 14.5 Å². The van der Waals surface area contributed by atoms with Crippen molar-refractivity contribution in [3.05, 3.63) is 0 Å². The van der Waals surface area contributed by atoms with Gasteiger partial charge >= 0.3 is 0 Å². The zero-order valence-electron chi connectivity index (χ0n) is 9.85. The van der Waals surface area contributed by atoms with E-state index in [1.807, 2.05) is 13.8 Å². The molecule has 2 amide bonds. The fourth-order valence-corrected chi connectivity index (χ4v) is 2.56. The first kappa shape index (κ1) is 11.6. The number of hydrogen-bond donors (Lipinski definition) is 1. The Bertz CT molecular complexity index is 291. The Labute approximate surface area is 95.6 Å². The fraction of sp³-hybridized carbons (Fsp3) is 0.833. The van der Waals surface area contributed by atoms with Gasteiger partial charge in [-0.05, 0) is 25.2 Å². The van der Waals surface area contributed by atoms with Crippen LogP contribution in [0, 0.1) is 17.8 Å². The Morgan fingerprint density at radius 3 is 2.19 bits per heavy atom. The molecule has 1 heterocycles. The van der Waals surface area contributed by atoms with Crippen molar-refractivity contribution in [2.24, 2.45) is 17.8 Å². The topological polar surface area (TPSA) is 57.6 Å². The van der Waals surface area contributed by atoms with Crippen LogP contribution in [0.5, 0.6) is 0 Å². The lowest BCUT2D eigenvalue weighted by molar-refractivity contribution is -0.154. The SMILES string of the molecule is CC(C)C(O)CN1C(=O)C2CCC(C2)C1=O. The van der Waals surface area contributed by atoms with Crippen molar-refractivity contribution in [3.8, 4) is 0 Å². The third-order valence-electron chi connectivity index (χ3n) is 3.80. The summed E-state index contributed by atoms with van der Waals surface area (Å²) in [5.41, 5.74) is 0. The molecule has 2 rings (SSSR count). The van der Waals surface area contributed by atoms with Gasteiger partial charge in [-0.25, -0.2) is 0 Å². The molecule has 1 N–H and O–H groups in total. The minimum absolute atomic E-state index is 0.0297. The quantitative estimate of drug-likeness (QED) is 0.722. The zero-order valence-corrected chi connectivity index (χ0v) is 9.85. The predicted octanol–water partition coefficient (Wildman–Crippen LogP) is 0.788. The third kappa shape index (κ3) is 1.86. The largest absolute Gasteiger partial charge is 0.391 e. The maximum absolute atomic E-state index is 11.9. The molecule has 3 unspecified atom stereocenters. The average molecular weight is 225 g/mol. The van der Waals surface area contributed by atoms with Crippen LogP contribution in [-0.2, 0) is 9.59 Å². The van der Waals surface area contributed by atoms with Gasteiger partial charge in [-0.1, -0.05) is 13.8 Å². The van der Waals surface area contributed by atoms with Crippen molar-refractivity contribution in [2.45, 2.75) is 39.2 Å². The molecule has 3 atom stereocenters. The second kappa shape index (κ2) is 4.17. The van der Waals surface area contributed by atoms with E-state index in [4.69, 9.17) is 0 Å². The van der Waals surface area contributed by atoms with Crippen molar-refractivity contribution in [1.82, 2.24) is 4.90 Å². The summed E-state index contributed by atoms with van der Waals surface area (Å²) in [4.78, 5) is 25.2. The van der Waals surface area contributed by atoms with E-state index < -0.39 is 6.10 Å². The predicted molar refractivity (Wildman–Crippen MR) is 58.4 cm³/mol. The molecule has 2 aliphatic rings. The van der Waals surface area contributed by atoms with Gasteiger partial charge in [0, 0.05) is 11.8 Å². The van der Waals surface area contributed by atoms with Crippen LogP contribution in [-0.4, -0.2) is 34.5 Å². The normalized spacial score (nSPS) is 31.4. The van der Waals surface area contributed by atoms with Crippen LogP contribution in [0.25, 0.3) is 0 Å². The Balaban J connectivity index is 2.08. The minimum atomic E-state index is -0.606. The molecule has 16 heavy (non-hydrogen) atoms. The molecule has 1 saturated heterocycles. The summed E-state index contributed by atoms with van der Waals surface area (Å²) in [5, 5.41) is 9.76.